The zero-order valence-corrected chi connectivity index (χ0v) is 7.82. The number of hydrogen-bond acceptors (Lipinski definition) is 3. The molecule has 0 saturated carbocycles. The predicted molar refractivity (Wildman–Crippen MR) is 46.3 cm³/mol. The molecule has 0 aliphatic heterocycles. The van der Waals surface area contributed by atoms with Crippen molar-refractivity contribution in [1.82, 2.24) is 4.98 Å². The van der Waals surface area contributed by atoms with E-state index in [1.807, 2.05) is 0 Å². The molecule has 2 atom stereocenters. The first-order chi connectivity index (χ1) is 6.85. The summed E-state index contributed by atoms with van der Waals surface area (Å²) < 4.78 is 25.8. The van der Waals surface area contributed by atoms with Crippen molar-refractivity contribution in [2.24, 2.45) is 0 Å². The molecule has 0 bridgehead atoms. The van der Waals surface area contributed by atoms with E-state index in [1.54, 1.807) is 0 Å². The van der Waals surface area contributed by atoms with Gasteiger partial charge in [0.1, 0.15) is 11.4 Å². The van der Waals surface area contributed by atoms with Gasteiger partial charge in [0.2, 0.25) is 6.17 Å². The van der Waals surface area contributed by atoms with Crippen molar-refractivity contribution >= 4 is 5.97 Å². The molecule has 0 radical (unpaired) electrons. The van der Waals surface area contributed by atoms with Crippen LogP contribution in [-0.2, 0) is 10.4 Å². The van der Waals surface area contributed by atoms with E-state index in [1.165, 1.54) is 0 Å². The van der Waals surface area contributed by atoms with E-state index >= 15 is 0 Å². The van der Waals surface area contributed by atoms with Crippen molar-refractivity contribution in [2.45, 2.75) is 18.7 Å². The summed E-state index contributed by atoms with van der Waals surface area (Å²) >= 11 is 0. The summed E-state index contributed by atoms with van der Waals surface area (Å²) in [6.07, 6.45) is -0.660. The molecule has 0 aliphatic carbocycles. The molecule has 1 heterocycles. The Balaban J connectivity index is 3.10. The Hall–Kier alpha value is -1.56. The van der Waals surface area contributed by atoms with Gasteiger partial charge in [-0.05, 0) is 13.0 Å². The second-order valence-electron chi connectivity index (χ2n) is 3.24. The minimum atomic E-state index is -2.54. The summed E-state index contributed by atoms with van der Waals surface area (Å²) in [6.45, 7) is 0.947. The Morgan fingerprint density at radius 1 is 1.60 bits per heavy atom. The zero-order valence-electron chi connectivity index (χ0n) is 7.82. The standard InChI is InChI=1S/C9H9F2NO3/c1-9(15,7(11)8(13)14)5-2-6(10)4-12-3-5/h2-4,7,15H,1H3,(H,13,14). The monoisotopic (exact) mass is 217 g/mol. The van der Waals surface area contributed by atoms with E-state index in [0.29, 0.717) is 0 Å². The molecule has 0 aliphatic rings. The molecule has 15 heavy (non-hydrogen) atoms. The topological polar surface area (TPSA) is 70.4 Å². The molecule has 1 aromatic heterocycles. The van der Waals surface area contributed by atoms with Gasteiger partial charge < -0.3 is 10.2 Å². The first-order valence-corrected chi connectivity index (χ1v) is 4.06. The number of carboxylic acid groups (broad SMARTS) is 1. The van der Waals surface area contributed by atoms with Crippen LogP contribution >= 0.6 is 0 Å². The minimum Gasteiger partial charge on any atom is -0.479 e. The highest BCUT2D eigenvalue weighted by Crippen LogP contribution is 2.26. The number of carbonyl (C=O) groups is 1. The van der Waals surface area contributed by atoms with Crippen LogP contribution in [0.15, 0.2) is 18.5 Å². The number of carboxylic acids is 1. The Morgan fingerprint density at radius 2 is 2.20 bits per heavy atom. The average Bonchev–Trinajstić information content (AvgIpc) is 2.16. The van der Waals surface area contributed by atoms with E-state index < -0.39 is 23.6 Å². The largest absolute Gasteiger partial charge is 0.479 e. The summed E-state index contributed by atoms with van der Waals surface area (Å²) in [5, 5.41) is 18.0. The van der Waals surface area contributed by atoms with Crippen LogP contribution in [0.25, 0.3) is 0 Å². The maximum absolute atomic E-state index is 13.1. The quantitative estimate of drug-likeness (QED) is 0.787. The number of pyridine rings is 1. The van der Waals surface area contributed by atoms with Crippen LogP contribution in [0.3, 0.4) is 0 Å². The Morgan fingerprint density at radius 3 is 2.67 bits per heavy atom. The first kappa shape index (κ1) is 11.5. The van der Waals surface area contributed by atoms with Gasteiger partial charge in [0.15, 0.2) is 0 Å². The lowest BCUT2D eigenvalue weighted by Crippen LogP contribution is -2.39. The molecule has 82 valence electrons. The van der Waals surface area contributed by atoms with Crippen molar-refractivity contribution < 1.29 is 23.8 Å². The molecule has 1 rings (SSSR count). The number of halogens is 2. The average molecular weight is 217 g/mol. The second-order valence-corrected chi connectivity index (χ2v) is 3.24. The van der Waals surface area contributed by atoms with Gasteiger partial charge in [-0.25, -0.2) is 13.6 Å². The van der Waals surface area contributed by atoms with Gasteiger partial charge in [-0.1, -0.05) is 0 Å². The maximum Gasteiger partial charge on any atom is 0.341 e. The minimum absolute atomic E-state index is 0.225. The third-order valence-electron chi connectivity index (χ3n) is 2.00. The summed E-state index contributed by atoms with van der Waals surface area (Å²) in [4.78, 5) is 13.8. The third kappa shape index (κ3) is 2.27. The fraction of sp³-hybridized carbons (Fsp3) is 0.333. The number of alkyl halides is 1. The molecule has 1 aromatic rings. The molecule has 6 heteroatoms. The van der Waals surface area contributed by atoms with Crippen LogP contribution in [-0.4, -0.2) is 27.3 Å². The normalized spacial score (nSPS) is 16.8. The smallest absolute Gasteiger partial charge is 0.341 e. The van der Waals surface area contributed by atoms with Crippen LogP contribution in [0.4, 0.5) is 8.78 Å². The Bertz CT molecular complexity index is 381. The van der Waals surface area contributed by atoms with Gasteiger partial charge in [-0.15, -0.1) is 0 Å². The van der Waals surface area contributed by atoms with Crippen molar-refractivity contribution in [3.63, 3.8) is 0 Å². The number of aliphatic carboxylic acids is 1. The molecule has 0 aromatic carbocycles. The molecule has 2 N–H and O–H groups in total. The van der Waals surface area contributed by atoms with Crippen molar-refractivity contribution in [3.05, 3.63) is 29.8 Å². The van der Waals surface area contributed by atoms with E-state index in [9.17, 15) is 18.7 Å². The van der Waals surface area contributed by atoms with E-state index in [4.69, 9.17) is 5.11 Å². The molecule has 0 spiro atoms. The second kappa shape index (κ2) is 3.90. The molecule has 0 amide bonds. The third-order valence-corrected chi connectivity index (χ3v) is 2.00. The van der Waals surface area contributed by atoms with E-state index in [-0.39, 0.29) is 5.56 Å². The van der Waals surface area contributed by atoms with Crippen LogP contribution in [0.1, 0.15) is 12.5 Å². The van der Waals surface area contributed by atoms with E-state index in [0.717, 1.165) is 25.4 Å². The molecule has 0 fully saturated rings. The van der Waals surface area contributed by atoms with Crippen LogP contribution in [0.2, 0.25) is 0 Å². The first-order valence-electron chi connectivity index (χ1n) is 4.06. The zero-order chi connectivity index (χ0) is 11.6. The van der Waals surface area contributed by atoms with Gasteiger partial charge in [0, 0.05) is 11.8 Å². The highest BCUT2D eigenvalue weighted by atomic mass is 19.1. The van der Waals surface area contributed by atoms with Crippen molar-refractivity contribution in [2.75, 3.05) is 0 Å². The number of aromatic nitrogens is 1. The number of aliphatic hydroxyl groups is 1. The number of rotatable bonds is 3. The van der Waals surface area contributed by atoms with Crippen LogP contribution in [0, 0.1) is 5.82 Å². The molecule has 0 saturated heterocycles. The predicted octanol–water partition coefficient (Wildman–Crippen LogP) is 0.851. The van der Waals surface area contributed by atoms with Crippen molar-refractivity contribution in [3.8, 4) is 0 Å². The van der Waals surface area contributed by atoms with Gasteiger partial charge in [0.05, 0.1) is 6.20 Å². The van der Waals surface area contributed by atoms with Gasteiger partial charge >= 0.3 is 5.97 Å². The van der Waals surface area contributed by atoms with Crippen LogP contribution in [0.5, 0.6) is 0 Å². The maximum atomic E-state index is 13.1. The lowest BCUT2D eigenvalue weighted by molar-refractivity contribution is -0.153. The SMILES string of the molecule is CC(O)(c1cncc(F)c1)C(F)C(=O)O. The molecular formula is C9H9F2NO3. The number of nitrogens with zero attached hydrogens (tertiary/aromatic N) is 1. The highest BCUT2D eigenvalue weighted by Gasteiger charge is 2.39. The highest BCUT2D eigenvalue weighted by molar-refractivity contribution is 5.74. The molecule has 4 nitrogen and oxygen atoms in total. The van der Waals surface area contributed by atoms with Gasteiger partial charge in [0.25, 0.3) is 0 Å². The summed E-state index contributed by atoms with van der Waals surface area (Å²) in [6, 6.07) is 0.836. The molecule has 2 unspecified atom stereocenters. The lowest BCUT2D eigenvalue weighted by atomic mass is 9.92. The van der Waals surface area contributed by atoms with Gasteiger partial charge in [-0.2, -0.15) is 0 Å². The van der Waals surface area contributed by atoms with Crippen molar-refractivity contribution in [1.29, 1.82) is 0 Å². The fourth-order valence-corrected chi connectivity index (χ4v) is 1.08. The summed E-state index contributed by atoms with van der Waals surface area (Å²) in [5.41, 5.74) is -2.53. The van der Waals surface area contributed by atoms with Gasteiger partial charge in [-0.3, -0.25) is 4.98 Å². The lowest BCUT2D eigenvalue weighted by Gasteiger charge is -2.24. The Kier molecular flexibility index (Phi) is 2.99. The summed E-state index contributed by atoms with van der Waals surface area (Å²) in [7, 11) is 0. The van der Waals surface area contributed by atoms with E-state index in [2.05, 4.69) is 4.98 Å². The summed E-state index contributed by atoms with van der Waals surface area (Å²) in [5.74, 6) is -2.59. The number of hydrogen-bond donors (Lipinski definition) is 2. The van der Waals surface area contributed by atoms with Crippen LogP contribution < -0.4 is 0 Å². The fourth-order valence-electron chi connectivity index (χ4n) is 1.08. The molecular weight excluding hydrogens is 208 g/mol. The Labute approximate surface area is 84.2 Å².